The molecule has 0 saturated heterocycles. The van der Waals surface area contributed by atoms with Crippen LogP contribution < -0.4 is 10.1 Å². The molecule has 0 heterocycles. The van der Waals surface area contributed by atoms with Gasteiger partial charge in [0.05, 0.1) is 0 Å². The van der Waals surface area contributed by atoms with Crippen molar-refractivity contribution in [3.8, 4) is 5.75 Å². The summed E-state index contributed by atoms with van der Waals surface area (Å²) in [5.41, 5.74) is 1.61. The Balaban J connectivity index is 1.99. The number of nitrogens with one attached hydrogen (secondary N) is 1. The number of carbonyl (C=O) groups excluding carboxylic acids is 1. The lowest BCUT2D eigenvalue weighted by Crippen LogP contribution is -2.17. The highest BCUT2D eigenvalue weighted by Gasteiger charge is 2.31. The molecule has 7 heteroatoms. The van der Waals surface area contributed by atoms with Crippen LogP contribution in [0, 0.1) is 0 Å². The molecule has 24 heavy (non-hydrogen) atoms. The van der Waals surface area contributed by atoms with E-state index in [1.54, 1.807) is 36.0 Å². The Labute approximate surface area is 142 Å². The summed E-state index contributed by atoms with van der Waals surface area (Å²) in [6.45, 7) is 3.41. The van der Waals surface area contributed by atoms with Crippen molar-refractivity contribution in [3.63, 3.8) is 0 Å². The van der Waals surface area contributed by atoms with E-state index in [4.69, 9.17) is 0 Å². The van der Waals surface area contributed by atoms with Crippen LogP contribution in [0.15, 0.2) is 53.4 Å². The van der Waals surface area contributed by atoms with Crippen molar-refractivity contribution in [2.24, 2.45) is 0 Å². The van der Waals surface area contributed by atoms with Crippen LogP contribution in [-0.2, 0) is 4.79 Å². The number of hydrogen-bond acceptors (Lipinski definition) is 3. The Bertz CT molecular complexity index is 684. The molecule has 1 N–H and O–H groups in total. The second kappa shape index (κ2) is 7.61. The summed E-state index contributed by atoms with van der Waals surface area (Å²) >= 11 is 1.57. The molecule has 1 unspecified atom stereocenters. The van der Waals surface area contributed by atoms with Gasteiger partial charge in [0.2, 0.25) is 5.91 Å². The van der Waals surface area contributed by atoms with E-state index in [0.717, 1.165) is 10.5 Å². The zero-order valence-electron chi connectivity index (χ0n) is 13.1. The number of carbonyl (C=O) groups is 1. The number of ether oxygens (including phenoxy) is 1. The summed E-state index contributed by atoms with van der Waals surface area (Å²) in [7, 11) is 0. The largest absolute Gasteiger partial charge is 0.573 e. The first-order valence-electron chi connectivity index (χ1n) is 7.13. The number of hydrogen-bond donors (Lipinski definition) is 1. The molecule has 0 spiro atoms. The molecule has 0 fully saturated rings. The fourth-order valence-electron chi connectivity index (χ4n) is 2.03. The molecule has 2 aromatic rings. The molecule has 2 aromatic carbocycles. The molecular formula is C17H16F3NO2S. The van der Waals surface area contributed by atoms with Crippen molar-refractivity contribution in [1.29, 1.82) is 0 Å². The molecular weight excluding hydrogens is 339 g/mol. The van der Waals surface area contributed by atoms with E-state index in [1.807, 2.05) is 19.1 Å². The number of amides is 1. The number of thioether (sulfide) groups is 1. The van der Waals surface area contributed by atoms with Gasteiger partial charge in [-0.15, -0.1) is 24.9 Å². The topological polar surface area (TPSA) is 38.3 Å². The second-order valence-electron chi connectivity index (χ2n) is 5.08. The maximum Gasteiger partial charge on any atom is 0.573 e. The third-order valence-electron chi connectivity index (χ3n) is 3.07. The summed E-state index contributed by atoms with van der Waals surface area (Å²) in [6, 6.07) is 13.2. The van der Waals surface area contributed by atoms with Gasteiger partial charge in [0.1, 0.15) is 5.75 Å². The van der Waals surface area contributed by atoms with Crippen LogP contribution in [0.5, 0.6) is 5.75 Å². The van der Waals surface area contributed by atoms with E-state index in [2.05, 4.69) is 10.1 Å². The lowest BCUT2D eigenvalue weighted by atomic mass is 10.1. The second-order valence-corrected chi connectivity index (χ2v) is 6.50. The lowest BCUT2D eigenvalue weighted by molar-refractivity contribution is -0.274. The van der Waals surface area contributed by atoms with Gasteiger partial charge in [-0.25, -0.2) is 0 Å². The predicted molar refractivity (Wildman–Crippen MR) is 88.1 cm³/mol. The van der Waals surface area contributed by atoms with Crippen LogP contribution >= 0.6 is 11.8 Å². The number of halogens is 3. The monoisotopic (exact) mass is 355 g/mol. The molecule has 3 nitrogen and oxygen atoms in total. The van der Waals surface area contributed by atoms with Crippen molar-refractivity contribution < 1.29 is 22.7 Å². The zero-order valence-corrected chi connectivity index (χ0v) is 13.9. The molecule has 128 valence electrons. The van der Waals surface area contributed by atoms with E-state index >= 15 is 0 Å². The summed E-state index contributed by atoms with van der Waals surface area (Å²) < 4.78 is 40.3. The minimum Gasteiger partial charge on any atom is -0.406 e. The van der Waals surface area contributed by atoms with Gasteiger partial charge in [0.25, 0.3) is 0 Å². The summed E-state index contributed by atoms with van der Waals surface area (Å²) in [6.07, 6.45) is -4.68. The first kappa shape index (κ1) is 18.2. The van der Waals surface area contributed by atoms with Crippen LogP contribution in [-0.4, -0.2) is 12.3 Å². The Hall–Kier alpha value is -2.15. The first-order valence-corrected chi connectivity index (χ1v) is 8.01. The van der Waals surface area contributed by atoms with E-state index in [0.29, 0.717) is 5.69 Å². The average Bonchev–Trinajstić information content (AvgIpc) is 2.48. The Kier molecular flexibility index (Phi) is 5.77. The standard InChI is InChI=1S/C17H16F3NO2S/c1-11(13-3-7-15(8-4-13)23-17(18,19)20)24-16-9-5-14(6-10-16)21-12(2)22/h3-11H,1-2H3,(H,21,22). The normalized spacial score (nSPS) is 12.5. The molecule has 0 saturated carbocycles. The van der Waals surface area contributed by atoms with Crippen LogP contribution in [0.2, 0.25) is 0 Å². The van der Waals surface area contributed by atoms with Crippen molar-refractivity contribution in [2.75, 3.05) is 5.32 Å². The van der Waals surface area contributed by atoms with Gasteiger partial charge in [-0.05, 0) is 48.9 Å². The van der Waals surface area contributed by atoms with Crippen LogP contribution in [0.4, 0.5) is 18.9 Å². The molecule has 2 rings (SSSR count). The predicted octanol–water partition coefficient (Wildman–Crippen LogP) is 5.40. The average molecular weight is 355 g/mol. The summed E-state index contributed by atoms with van der Waals surface area (Å²) in [4.78, 5) is 12.0. The number of benzene rings is 2. The van der Waals surface area contributed by atoms with Gasteiger partial charge in [0.15, 0.2) is 0 Å². The molecule has 0 aromatic heterocycles. The van der Waals surface area contributed by atoms with Crippen molar-refractivity contribution >= 4 is 23.4 Å². The molecule has 0 aliphatic rings. The van der Waals surface area contributed by atoms with Gasteiger partial charge in [-0.2, -0.15) is 0 Å². The van der Waals surface area contributed by atoms with Gasteiger partial charge < -0.3 is 10.1 Å². The van der Waals surface area contributed by atoms with Crippen LogP contribution in [0.1, 0.15) is 24.7 Å². The molecule has 0 aliphatic heterocycles. The third kappa shape index (κ3) is 5.81. The molecule has 1 atom stereocenters. The quantitative estimate of drug-likeness (QED) is 0.730. The van der Waals surface area contributed by atoms with E-state index < -0.39 is 6.36 Å². The Morgan fingerprint density at radius 2 is 1.67 bits per heavy atom. The molecule has 0 radical (unpaired) electrons. The van der Waals surface area contributed by atoms with E-state index in [1.165, 1.54) is 19.1 Å². The minimum absolute atomic E-state index is 0.0524. The number of rotatable bonds is 5. The van der Waals surface area contributed by atoms with Crippen molar-refractivity contribution in [1.82, 2.24) is 0 Å². The summed E-state index contributed by atoms with van der Waals surface area (Å²) in [5.74, 6) is -0.368. The fraction of sp³-hybridized carbons (Fsp3) is 0.235. The minimum atomic E-state index is -4.68. The SMILES string of the molecule is CC(=O)Nc1ccc(SC(C)c2ccc(OC(F)(F)F)cc2)cc1. The van der Waals surface area contributed by atoms with Crippen LogP contribution in [0.3, 0.4) is 0 Å². The Morgan fingerprint density at radius 3 is 2.17 bits per heavy atom. The smallest absolute Gasteiger partial charge is 0.406 e. The van der Waals surface area contributed by atoms with Crippen molar-refractivity contribution in [2.45, 2.75) is 30.4 Å². The lowest BCUT2D eigenvalue weighted by Gasteiger charge is -2.14. The summed E-state index contributed by atoms with van der Waals surface area (Å²) in [5, 5.41) is 2.74. The molecule has 0 bridgehead atoms. The van der Waals surface area contributed by atoms with Gasteiger partial charge in [-0.3, -0.25) is 4.79 Å². The first-order chi connectivity index (χ1) is 11.2. The highest BCUT2D eigenvalue weighted by molar-refractivity contribution is 7.99. The highest BCUT2D eigenvalue weighted by atomic mass is 32.2. The maximum atomic E-state index is 12.1. The number of alkyl halides is 3. The van der Waals surface area contributed by atoms with Gasteiger partial charge in [-0.1, -0.05) is 12.1 Å². The third-order valence-corrected chi connectivity index (χ3v) is 4.24. The molecule has 1 amide bonds. The van der Waals surface area contributed by atoms with Gasteiger partial charge >= 0.3 is 6.36 Å². The molecule has 0 aliphatic carbocycles. The van der Waals surface area contributed by atoms with Gasteiger partial charge in [0, 0.05) is 22.8 Å². The zero-order chi connectivity index (χ0) is 17.7. The van der Waals surface area contributed by atoms with Crippen molar-refractivity contribution in [3.05, 3.63) is 54.1 Å². The van der Waals surface area contributed by atoms with Crippen LogP contribution in [0.25, 0.3) is 0 Å². The Morgan fingerprint density at radius 1 is 1.08 bits per heavy atom. The fourth-order valence-corrected chi connectivity index (χ4v) is 3.03. The van der Waals surface area contributed by atoms with E-state index in [-0.39, 0.29) is 16.9 Å². The highest BCUT2D eigenvalue weighted by Crippen LogP contribution is 2.36. The maximum absolute atomic E-state index is 12.1. The number of anilines is 1. The van der Waals surface area contributed by atoms with E-state index in [9.17, 15) is 18.0 Å².